The summed E-state index contributed by atoms with van der Waals surface area (Å²) in [6.45, 7) is 8.14. The first kappa shape index (κ1) is 25.4. The molecule has 4 aromatic carbocycles. The lowest BCUT2D eigenvalue weighted by Crippen LogP contribution is -2.28. The summed E-state index contributed by atoms with van der Waals surface area (Å²) >= 11 is 0. The van der Waals surface area contributed by atoms with Gasteiger partial charge in [-0.2, -0.15) is 0 Å². The fourth-order valence-electron chi connectivity index (χ4n) is 4.84. The average Bonchev–Trinajstić information content (AvgIpc) is 2.90. The topological polar surface area (TPSA) is 104 Å². The Labute approximate surface area is 219 Å². The van der Waals surface area contributed by atoms with Crippen molar-refractivity contribution in [2.45, 2.75) is 19.3 Å². The van der Waals surface area contributed by atoms with Gasteiger partial charge in [0.1, 0.15) is 0 Å². The van der Waals surface area contributed by atoms with Gasteiger partial charge in [-0.3, -0.25) is 0 Å². The van der Waals surface area contributed by atoms with Gasteiger partial charge in [0.2, 0.25) is 0 Å². The molecule has 0 aliphatic carbocycles. The molecule has 0 amide bonds. The van der Waals surface area contributed by atoms with Crippen molar-refractivity contribution >= 4 is 22.7 Å². The molecule has 0 saturated carbocycles. The lowest BCUT2D eigenvalue weighted by atomic mass is 9.68. The smallest absolute Gasteiger partial charge is 0.0464 e. The minimum atomic E-state index is -0.678. The molecule has 0 spiro atoms. The van der Waals surface area contributed by atoms with E-state index in [2.05, 4.69) is 31.7 Å². The Bertz CT molecular complexity index is 1380. The van der Waals surface area contributed by atoms with Gasteiger partial charge in [-0.15, -0.1) is 0 Å². The van der Waals surface area contributed by atoms with Crippen LogP contribution in [0.4, 0.5) is 22.7 Å². The standard InChI is InChI=1S/C33H34N4/c1-4-6-26(7-5-2)33(3,29-20-24(12-18-31(29)36)22-8-14-27(34)15-9-22)30-21-25(13-19-32(30)37)23-10-16-28(35)17-11-23/h4-21H,1,34-37H2,2-3H3/b7-5-,26-6+. The third-order valence-electron chi connectivity index (χ3n) is 6.89. The fraction of sp³-hybridized carbons (Fsp3) is 0.0909. The van der Waals surface area contributed by atoms with E-state index < -0.39 is 5.41 Å². The number of allylic oxidation sites excluding steroid dienone is 5. The second kappa shape index (κ2) is 10.5. The van der Waals surface area contributed by atoms with Crippen LogP contribution in [0, 0.1) is 0 Å². The summed E-state index contributed by atoms with van der Waals surface area (Å²) in [5.74, 6) is 0. The Kier molecular flexibility index (Phi) is 7.21. The van der Waals surface area contributed by atoms with E-state index in [9.17, 15) is 0 Å². The molecular weight excluding hydrogens is 452 g/mol. The molecule has 0 atom stereocenters. The molecule has 0 bridgehead atoms. The summed E-state index contributed by atoms with van der Waals surface area (Å²) in [5, 5.41) is 0. The first-order valence-electron chi connectivity index (χ1n) is 12.3. The Hall–Kier alpha value is -4.70. The van der Waals surface area contributed by atoms with Gasteiger partial charge >= 0.3 is 0 Å². The number of rotatable bonds is 7. The van der Waals surface area contributed by atoms with Gasteiger partial charge in [0.15, 0.2) is 0 Å². The van der Waals surface area contributed by atoms with E-state index in [-0.39, 0.29) is 0 Å². The van der Waals surface area contributed by atoms with Crippen LogP contribution in [0.5, 0.6) is 0 Å². The molecule has 4 nitrogen and oxygen atoms in total. The van der Waals surface area contributed by atoms with Gasteiger partial charge in [-0.05, 0) is 101 Å². The van der Waals surface area contributed by atoms with Crippen molar-refractivity contribution in [1.29, 1.82) is 0 Å². The molecule has 0 aliphatic rings. The van der Waals surface area contributed by atoms with Crippen LogP contribution in [-0.2, 0) is 5.41 Å². The van der Waals surface area contributed by atoms with Crippen LogP contribution in [0.2, 0.25) is 0 Å². The lowest BCUT2D eigenvalue weighted by molar-refractivity contribution is 0.696. The maximum atomic E-state index is 6.71. The molecule has 37 heavy (non-hydrogen) atoms. The third kappa shape index (κ3) is 5.00. The third-order valence-corrected chi connectivity index (χ3v) is 6.89. The highest BCUT2D eigenvalue weighted by molar-refractivity contribution is 5.77. The summed E-state index contributed by atoms with van der Waals surface area (Å²) < 4.78 is 0. The average molecular weight is 487 g/mol. The molecule has 0 aromatic heterocycles. The van der Waals surface area contributed by atoms with Gasteiger partial charge < -0.3 is 22.9 Å². The van der Waals surface area contributed by atoms with Crippen molar-refractivity contribution in [2.75, 3.05) is 22.9 Å². The molecule has 8 N–H and O–H groups in total. The first-order chi connectivity index (χ1) is 17.8. The van der Waals surface area contributed by atoms with Crippen molar-refractivity contribution in [3.8, 4) is 22.3 Å². The first-order valence-corrected chi connectivity index (χ1v) is 12.3. The van der Waals surface area contributed by atoms with Gasteiger partial charge in [-0.25, -0.2) is 0 Å². The zero-order chi connectivity index (χ0) is 26.6. The number of hydrogen-bond acceptors (Lipinski definition) is 4. The van der Waals surface area contributed by atoms with Crippen molar-refractivity contribution < 1.29 is 0 Å². The molecule has 4 heteroatoms. The predicted octanol–water partition coefficient (Wildman–Crippen LogP) is 7.34. The molecular formula is C33H34N4. The highest BCUT2D eigenvalue weighted by Gasteiger charge is 2.36. The minimum Gasteiger partial charge on any atom is -0.399 e. The maximum Gasteiger partial charge on any atom is 0.0464 e. The zero-order valence-electron chi connectivity index (χ0n) is 21.4. The highest BCUT2D eigenvalue weighted by atomic mass is 14.6. The Morgan fingerprint density at radius 3 is 1.43 bits per heavy atom. The van der Waals surface area contributed by atoms with Crippen LogP contribution in [0.3, 0.4) is 0 Å². The van der Waals surface area contributed by atoms with Crippen molar-refractivity contribution in [3.05, 3.63) is 133 Å². The summed E-state index contributed by atoms with van der Waals surface area (Å²) in [6, 6.07) is 28.0. The monoisotopic (exact) mass is 486 g/mol. The normalized spacial score (nSPS) is 12.1. The molecule has 0 saturated heterocycles. The Morgan fingerprint density at radius 1 is 0.649 bits per heavy atom. The molecule has 0 heterocycles. The second-order valence-corrected chi connectivity index (χ2v) is 9.33. The molecule has 0 aliphatic heterocycles. The van der Waals surface area contributed by atoms with E-state index in [1.165, 1.54) is 0 Å². The van der Waals surface area contributed by atoms with Gasteiger partial charge in [0, 0.05) is 28.2 Å². The minimum absolute atomic E-state index is 0.678. The number of nitrogen functional groups attached to an aromatic ring is 4. The van der Waals surface area contributed by atoms with Crippen LogP contribution in [-0.4, -0.2) is 0 Å². The molecule has 4 aromatic rings. The molecule has 4 rings (SSSR count). The quantitative estimate of drug-likeness (QED) is 0.162. The number of hydrogen-bond donors (Lipinski definition) is 4. The van der Waals surface area contributed by atoms with Gasteiger partial charge in [0.05, 0.1) is 0 Å². The van der Waals surface area contributed by atoms with Crippen LogP contribution < -0.4 is 22.9 Å². The summed E-state index contributed by atoms with van der Waals surface area (Å²) in [5.41, 5.74) is 34.5. The van der Waals surface area contributed by atoms with Crippen molar-refractivity contribution in [3.63, 3.8) is 0 Å². The zero-order valence-corrected chi connectivity index (χ0v) is 21.4. The summed E-state index contributed by atoms with van der Waals surface area (Å²) in [7, 11) is 0. The summed E-state index contributed by atoms with van der Waals surface area (Å²) in [4.78, 5) is 0. The van der Waals surface area contributed by atoms with Crippen LogP contribution in [0.1, 0.15) is 25.0 Å². The maximum absolute atomic E-state index is 6.71. The highest BCUT2D eigenvalue weighted by Crippen LogP contribution is 2.46. The van der Waals surface area contributed by atoms with E-state index >= 15 is 0 Å². The van der Waals surface area contributed by atoms with Crippen molar-refractivity contribution in [2.24, 2.45) is 0 Å². The molecule has 0 unspecified atom stereocenters. The van der Waals surface area contributed by atoms with E-state index in [0.29, 0.717) is 11.4 Å². The lowest BCUT2D eigenvalue weighted by Gasteiger charge is -2.35. The fourth-order valence-corrected chi connectivity index (χ4v) is 4.84. The van der Waals surface area contributed by atoms with Crippen LogP contribution in [0.25, 0.3) is 22.3 Å². The van der Waals surface area contributed by atoms with E-state index in [1.54, 1.807) is 6.08 Å². The van der Waals surface area contributed by atoms with E-state index in [1.807, 2.05) is 91.9 Å². The number of nitrogens with two attached hydrogens (primary N) is 4. The molecule has 0 radical (unpaired) electrons. The van der Waals surface area contributed by atoms with Crippen molar-refractivity contribution in [1.82, 2.24) is 0 Å². The second-order valence-electron chi connectivity index (χ2n) is 9.33. The van der Waals surface area contributed by atoms with Gasteiger partial charge in [-0.1, -0.05) is 67.3 Å². The van der Waals surface area contributed by atoms with E-state index in [0.717, 1.165) is 50.3 Å². The SMILES string of the molecule is C=C/C=C(\C=C/C)C(C)(c1cc(-c2ccc(N)cc2)ccc1N)c1cc(-c2ccc(N)cc2)ccc1N. The number of anilines is 4. The Morgan fingerprint density at radius 2 is 1.05 bits per heavy atom. The van der Waals surface area contributed by atoms with Crippen LogP contribution in [0.15, 0.2) is 121 Å². The number of benzene rings is 4. The van der Waals surface area contributed by atoms with Crippen LogP contribution >= 0.6 is 0 Å². The molecule has 186 valence electrons. The Balaban J connectivity index is 2.01. The van der Waals surface area contributed by atoms with E-state index in [4.69, 9.17) is 22.9 Å². The van der Waals surface area contributed by atoms with Gasteiger partial charge in [0.25, 0.3) is 0 Å². The predicted molar refractivity (Wildman–Crippen MR) is 161 cm³/mol. The largest absolute Gasteiger partial charge is 0.399 e. The molecule has 0 fully saturated rings. The summed E-state index contributed by atoms with van der Waals surface area (Å²) in [6.07, 6.45) is 7.93.